The Balaban J connectivity index is 2.07. The predicted octanol–water partition coefficient (Wildman–Crippen LogP) is 3.65. The summed E-state index contributed by atoms with van der Waals surface area (Å²) in [6.45, 7) is 0. The minimum atomic E-state index is -0.343. The highest BCUT2D eigenvalue weighted by molar-refractivity contribution is 6.05. The van der Waals surface area contributed by atoms with Crippen molar-refractivity contribution in [3.8, 4) is 11.5 Å². The molecule has 0 saturated carbocycles. The normalized spacial score (nSPS) is 10.5. The summed E-state index contributed by atoms with van der Waals surface area (Å²) < 4.78 is 23.3. The van der Waals surface area contributed by atoms with E-state index in [4.69, 9.17) is 9.47 Å². The van der Waals surface area contributed by atoms with Crippen LogP contribution >= 0.6 is 0 Å². The standard InChI is InChI=1S/C17H16FNO3/c1-21-16-7-6-12(10-17(16)22-2)15(20)8-9-19-14-5-3-4-13(18)11-14/h3-11,19H,1-2H3/b9-8+. The summed E-state index contributed by atoms with van der Waals surface area (Å²) in [5, 5.41) is 2.84. The van der Waals surface area contributed by atoms with E-state index in [1.54, 1.807) is 30.3 Å². The van der Waals surface area contributed by atoms with E-state index >= 15 is 0 Å². The first-order valence-electron chi connectivity index (χ1n) is 6.59. The van der Waals surface area contributed by atoms with Crippen molar-refractivity contribution in [2.24, 2.45) is 0 Å². The Labute approximate surface area is 128 Å². The first-order valence-corrected chi connectivity index (χ1v) is 6.59. The van der Waals surface area contributed by atoms with Crippen LogP contribution in [0.25, 0.3) is 0 Å². The molecule has 0 aliphatic carbocycles. The van der Waals surface area contributed by atoms with Crippen LogP contribution in [-0.4, -0.2) is 20.0 Å². The summed E-state index contributed by atoms with van der Waals surface area (Å²) in [7, 11) is 3.04. The number of allylic oxidation sites excluding steroid dienone is 1. The third-order valence-electron chi connectivity index (χ3n) is 2.98. The molecule has 2 rings (SSSR count). The molecule has 4 nitrogen and oxygen atoms in total. The smallest absolute Gasteiger partial charge is 0.187 e. The van der Waals surface area contributed by atoms with Gasteiger partial charge in [-0.1, -0.05) is 6.07 Å². The molecule has 0 saturated heterocycles. The van der Waals surface area contributed by atoms with Crippen LogP contribution in [-0.2, 0) is 0 Å². The topological polar surface area (TPSA) is 47.6 Å². The molecule has 0 aromatic heterocycles. The highest BCUT2D eigenvalue weighted by atomic mass is 19.1. The lowest BCUT2D eigenvalue weighted by Gasteiger charge is -2.08. The zero-order valence-electron chi connectivity index (χ0n) is 12.3. The number of hydrogen-bond acceptors (Lipinski definition) is 4. The molecular formula is C17H16FNO3. The lowest BCUT2D eigenvalue weighted by Crippen LogP contribution is -1.98. The van der Waals surface area contributed by atoms with E-state index in [2.05, 4.69) is 5.32 Å². The van der Waals surface area contributed by atoms with Crippen molar-refractivity contribution in [3.63, 3.8) is 0 Å². The highest BCUT2D eigenvalue weighted by Gasteiger charge is 2.08. The lowest BCUT2D eigenvalue weighted by atomic mass is 10.1. The third kappa shape index (κ3) is 3.85. The average Bonchev–Trinajstić information content (AvgIpc) is 2.54. The van der Waals surface area contributed by atoms with Crippen LogP contribution < -0.4 is 14.8 Å². The maximum absolute atomic E-state index is 13.0. The van der Waals surface area contributed by atoms with Crippen molar-refractivity contribution in [2.45, 2.75) is 0 Å². The van der Waals surface area contributed by atoms with Crippen molar-refractivity contribution < 1.29 is 18.7 Å². The van der Waals surface area contributed by atoms with Gasteiger partial charge in [0.1, 0.15) is 5.82 Å². The van der Waals surface area contributed by atoms with Crippen molar-refractivity contribution in [2.75, 3.05) is 19.5 Å². The molecule has 0 unspecified atom stereocenters. The molecule has 5 heteroatoms. The Bertz CT molecular complexity index is 698. The van der Waals surface area contributed by atoms with Gasteiger partial charge in [0.25, 0.3) is 0 Å². The lowest BCUT2D eigenvalue weighted by molar-refractivity contribution is 0.104. The quantitative estimate of drug-likeness (QED) is 0.653. The van der Waals surface area contributed by atoms with Crippen molar-refractivity contribution >= 4 is 11.5 Å². The van der Waals surface area contributed by atoms with Crippen LogP contribution in [0.3, 0.4) is 0 Å². The van der Waals surface area contributed by atoms with Crippen LogP contribution in [0.4, 0.5) is 10.1 Å². The van der Waals surface area contributed by atoms with E-state index in [0.717, 1.165) is 0 Å². The van der Waals surface area contributed by atoms with Gasteiger partial charge >= 0.3 is 0 Å². The van der Waals surface area contributed by atoms with Gasteiger partial charge in [-0.15, -0.1) is 0 Å². The molecule has 0 heterocycles. The molecule has 0 aliphatic heterocycles. The minimum Gasteiger partial charge on any atom is -0.493 e. The summed E-state index contributed by atoms with van der Waals surface area (Å²) in [6, 6.07) is 10.9. The Morgan fingerprint density at radius 2 is 1.86 bits per heavy atom. The van der Waals surface area contributed by atoms with E-state index in [0.29, 0.717) is 22.7 Å². The summed E-state index contributed by atoms with van der Waals surface area (Å²) in [4.78, 5) is 12.1. The molecule has 0 radical (unpaired) electrons. The van der Waals surface area contributed by atoms with Crippen molar-refractivity contribution in [1.82, 2.24) is 0 Å². The number of rotatable bonds is 6. The third-order valence-corrected chi connectivity index (χ3v) is 2.98. The number of halogens is 1. The maximum Gasteiger partial charge on any atom is 0.187 e. The molecule has 2 aromatic carbocycles. The van der Waals surface area contributed by atoms with Gasteiger partial charge in [-0.05, 0) is 36.4 Å². The van der Waals surface area contributed by atoms with Gasteiger partial charge in [0.15, 0.2) is 17.3 Å². The monoisotopic (exact) mass is 301 g/mol. The number of ketones is 1. The maximum atomic E-state index is 13.0. The van der Waals surface area contributed by atoms with Gasteiger partial charge in [-0.2, -0.15) is 0 Å². The Hall–Kier alpha value is -2.82. The average molecular weight is 301 g/mol. The number of anilines is 1. The fraction of sp³-hybridized carbons (Fsp3) is 0.118. The molecule has 0 bridgehead atoms. The van der Waals surface area contributed by atoms with E-state index < -0.39 is 0 Å². The summed E-state index contributed by atoms with van der Waals surface area (Å²) in [5.74, 6) is 0.496. The molecule has 0 amide bonds. The van der Waals surface area contributed by atoms with Gasteiger partial charge in [0.2, 0.25) is 0 Å². The summed E-state index contributed by atoms with van der Waals surface area (Å²) in [6.07, 6.45) is 2.83. The predicted molar refractivity (Wildman–Crippen MR) is 83.0 cm³/mol. The van der Waals surface area contributed by atoms with Crippen LogP contribution in [0.1, 0.15) is 10.4 Å². The number of ether oxygens (including phenoxy) is 2. The first-order chi connectivity index (χ1) is 10.6. The van der Waals surface area contributed by atoms with E-state index in [9.17, 15) is 9.18 Å². The molecule has 0 fully saturated rings. The van der Waals surface area contributed by atoms with Crippen molar-refractivity contribution in [1.29, 1.82) is 0 Å². The summed E-state index contributed by atoms with van der Waals surface area (Å²) in [5.41, 5.74) is 1.03. The van der Waals surface area contributed by atoms with Gasteiger partial charge < -0.3 is 14.8 Å². The van der Waals surface area contributed by atoms with Crippen LogP contribution in [0.15, 0.2) is 54.7 Å². The van der Waals surface area contributed by atoms with Crippen molar-refractivity contribution in [3.05, 3.63) is 66.1 Å². The van der Waals surface area contributed by atoms with E-state index in [1.807, 2.05) is 0 Å². The van der Waals surface area contributed by atoms with Gasteiger partial charge in [0.05, 0.1) is 14.2 Å². The second kappa shape index (κ2) is 7.26. The Kier molecular flexibility index (Phi) is 5.14. The number of benzene rings is 2. The largest absolute Gasteiger partial charge is 0.493 e. The highest BCUT2D eigenvalue weighted by Crippen LogP contribution is 2.27. The van der Waals surface area contributed by atoms with Gasteiger partial charge in [-0.3, -0.25) is 4.79 Å². The first kappa shape index (κ1) is 15.6. The fourth-order valence-electron chi connectivity index (χ4n) is 1.88. The second-order valence-corrected chi connectivity index (χ2v) is 4.42. The SMILES string of the molecule is COc1ccc(C(=O)/C=C/Nc2cccc(F)c2)cc1OC. The number of hydrogen-bond donors (Lipinski definition) is 1. The Morgan fingerprint density at radius 1 is 1.09 bits per heavy atom. The number of nitrogens with one attached hydrogen (secondary N) is 1. The van der Waals surface area contributed by atoms with Crippen LogP contribution in [0.2, 0.25) is 0 Å². The Morgan fingerprint density at radius 3 is 2.55 bits per heavy atom. The molecule has 0 aliphatic rings. The van der Waals surface area contributed by atoms with E-state index in [1.165, 1.54) is 38.6 Å². The van der Waals surface area contributed by atoms with E-state index in [-0.39, 0.29) is 11.6 Å². The van der Waals surface area contributed by atoms with Crippen LogP contribution in [0, 0.1) is 5.82 Å². The minimum absolute atomic E-state index is 0.204. The van der Waals surface area contributed by atoms with Crippen LogP contribution in [0.5, 0.6) is 11.5 Å². The molecule has 114 valence electrons. The summed E-state index contributed by atoms with van der Waals surface area (Å²) >= 11 is 0. The molecule has 1 N–H and O–H groups in total. The molecule has 0 spiro atoms. The zero-order valence-corrected chi connectivity index (χ0v) is 12.3. The second-order valence-electron chi connectivity index (χ2n) is 4.42. The van der Waals surface area contributed by atoms with Gasteiger partial charge in [-0.25, -0.2) is 4.39 Å². The van der Waals surface area contributed by atoms with Gasteiger partial charge in [0, 0.05) is 23.5 Å². The zero-order chi connectivity index (χ0) is 15.9. The molecule has 0 atom stereocenters. The molecule has 22 heavy (non-hydrogen) atoms. The number of carbonyl (C=O) groups excluding carboxylic acids is 1. The fourth-order valence-corrected chi connectivity index (χ4v) is 1.88. The molecule has 2 aromatic rings. The number of methoxy groups -OCH3 is 2. The molecular weight excluding hydrogens is 285 g/mol. The number of carbonyl (C=O) groups is 1.